The van der Waals surface area contributed by atoms with Crippen LogP contribution in [0.2, 0.25) is 0 Å². The van der Waals surface area contributed by atoms with Crippen LogP contribution in [0, 0.1) is 11.8 Å². The van der Waals surface area contributed by atoms with E-state index in [4.69, 9.17) is 5.11 Å². The van der Waals surface area contributed by atoms with Gasteiger partial charge in [0, 0.05) is 12.8 Å². The Bertz CT molecular complexity index is 251. The Hall–Kier alpha value is -0.900. The molecule has 1 aliphatic carbocycles. The Morgan fingerprint density at radius 2 is 2.31 bits per heavy atom. The molecule has 0 spiro atoms. The average Bonchev–Trinajstić information content (AvgIpc) is 2.46. The second kappa shape index (κ2) is 3.10. The van der Waals surface area contributed by atoms with Crippen molar-refractivity contribution in [3.63, 3.8) is 0 Å². The summed E-state index contributed by atoms with van der Waals surface area (Å²) < 4.78 is 0. The Balaban J connectivity index is 2.11. The Morgan fingerprint density at radius 1 is 1.54 bits per heavy atom. The molecule has 0 aromatic heterocycles. The highest BCUT2D eigenvalue weighted by Crippen LogP contribution is 2.34. The van der Waals surface area contributed by atoms with Gasteiger partial charge in [-0.2, -0.15) is 0 Å². The van der Waals surface area contributed by atoms with Crippen molar-refractivity contribution >= 4 is 11.8 Å². The van der Waals surface area contributed by atoms with E-state index in [1.54, 1.807) is 0 Å². The molecule has 0 radical (unpaired) electrons. The molecule has 3 unspecified atom stereocenters. The fourth-order valence-electron chi connectivity index (χ4n) is 2.44. The van der Waals surface area contributed by atoms with Gasteiger partial charge in [0.1, 0.15) is 11.8 Å². The lowest BCUT2D eigenvalue weighted by molar-refractivity contribution is -0.140. The lowest BCUT2D eigenvalue weighted by Gasteiger charge is -2.25. The largest absolute Gasteiger partial charge is 0.480 e. The highest BCUT2D eigenvalue weighted by atomic mass is 16.4. The Kier molecular flexibility index (Phi) is 2.07. The number of hydrogen-bond acceptors (Lipinski definition) is 3. The van der Waals surface area contributed by atoms with Crippen LogP contribution in [0.4, 0.5) is 0 Å². The van der Waals surface area contributed by atoms with E-state index in [9.17, 15) is 9.59 Å². The third-order valence-electron chi connectivity index (χ3n) is 3.16. The van der Waals surface area contributed by atoms with Gasteiger partial charge in [-0.25, -0.2) is 0 Å². The molecule has 3 atom stereocenters. The smallest absolute Gasteiger partial charge is 0.321 e. The summed E-state index contributed by atoms with van der Waals surface area (Å²) in [6.45, 7) is 0.759. The van der Waals surface area contributed by atoms with Gasteiger partial charge in [-0.3, -0.25) is 9.59 Å². The van der Waals surface area contributed by atoms with E-state index >= 15 is 0 Å². The molecule has 0 aromatic carbocycles. The van der Waals surface area contributed by atoms with Crippen LogP contribution < -0.4 is 5.32 Å². The molecule has 2 rings (SSSR count). The first kappa shape index (κ1) is 8.69. The maximum atomic E-state index is 11.2. The molecule has 13 heavy (non-hydrogen) atoms. The van der Waals surface area contributed by atoms with Gasteiger partial charge in [0.05, 0.1) is 0 Å². The maximum absolute atomic E-state index is 11.2. The number of carbonyl (C=O) groups excluding carboxylic acids is 1. The van der Waals surface area contributed by atoms with Gasteiger partial charge in [0.25, 0.3) is 0 Å². The van der Waals surface area contributed by atoms with Gasteiger partial charge in [0.15, 0.2) is 0 Å². The summed E-state index contributed by atoms with van der Waals surface area (Å²) in [6.07, 6.45) is 1.95. The topological polar surface area (TPSA) is 66.4 Å². The molecule has 0 bridgehead atoms. The van der Waals surface area contributed by atoms with E-state index in [-0.39, 0.29) is 11.7 Å². The van der Waals surface area contributed by atoms with Crippen molar-refractivity contribution in [2.45, 2.75) is 25.3 Å². The third kappa shape index (κ3) is 1.46. The van der Waals surface area contributed by atoms with Crippen LogP contribution >= 0.6 is 0 Å². The van der Waals surface area contributed by atoms with Crippen molar-refractivity contribution in [2.75, 3.05) is 6.54 Å². The van der Waals surface area contributed by atoms with Crippen LogP contribution in [0.25, 0.3) is 0 Å². The van der Waals surface area contributed by atoms with Crippen LogP contribution in [0.3, 0.4) is 0 Å². The molecule has 1 saturated heterocycles. The second-order valence-corrected chi connectivity index (χ2v) is 3.93. The van der Waals surface area contributed by atoms with E-state index < -0.39 is 12.0 Å². The first-order chi connectivity index (χ1) is 6.18. The molecule has 4 heteroatoms. The highest BCUT2D eigenvalue weighted by Gasteiger charge is 2.43. The number of carboxylic acid groups (broad SMARTS) is 1. The summed E-state index contributed by atoms with van der Waals surface area (Å²) in [5, 5.41) is 11.8. The summed E-state index contributed by atoms with van der Waals surface area (Å²) >= 11 is 0. The molecule has 2 fully saturated rings. The lowest BCUT2D eigenvalue weighted by atomic mass is 9.78. The zero-order valence-corrected chi connectivity index (χ0v) is 7.32. The monoisotopic (exact) mass is 183 g/mol. The number of Topliss-reactive ketones (excluding diaryl/α,β-unsaturated/α-hetero) is 1. The molecule has 0 aromatic rings. The van der Waals surface area contributed by atoms with Gasteiger partial charge < -0.3 is 10.4 Å². The zero-order chi connectivity index (χ0) is 9.42. The molecule has 2 aliphatic rings. The molecule has 1 heterocycles. The van der Waals surface area contributed by atoms with E-state index in [2.05, 4.69) is 5.32 Å². The van der Waals surface area contributed by atoms with Gasteiger partial charge in [0.2, 0.25) is 0 Å². The quantitative estimate of drug-likeness (QED) is 0.601. The number of rotatable bonds is 1. The van der Waals surface area contributed by atoms with Gasteiger partial charge in [-0.15, -0.1) is 0 Å². The number of hydrogen-bond donors (Lipinski definition) is 2. The third-order valence-corrected chi connectivity index (χ3v) is 3.16. The summed E-state index contributed by atoms with van der Waals surface area (Å²) in [5.74, 6) is -0.157. The molecule has 0 amide bonds. The van der Waals surface area contributed by atoms with Crippen LogP contribution in [-0.4, -0.2) is 29.4 Å². The molecule has 72 valence electrons. The number of carboxylic acids is 1. The van der Waals surface area contributed by atoms with Crippen molar-refractivity contribution in [1.29, 1.82) is 0 Å². The van der Waals surface area contributed by atoms with E-state index in [1.165, 1.54) is 0 Å². The summed E-state index contributed by atoms with van der Waals surface area (Å²) in [5.41, 5.74) is 0. The standard InChI is InChI=1S/C9H13NO3/c11-6-2-1-5-4-10-8(9(12)13)7(5)3-6/h5,7-8,10H,1-4H2,(H,12,13). The van der Waals surface area contributed by atoms with E-state index in [0.717, 1.165) is 13.0 Å². The summed E-state index contributed by atoms with van der Waals surface area (Å²) in [6, 6.07) is -0.491. The number of aliphatic carboxylic acids is 1. The Labute approximate surface area is 76.3 Å². The Morgan fingerprint density at radius 3 is 3.00 bits per heavy atom. The van der Waals surface area contributed by atoms with Crippen LogP contribution in [-0.2, 0) is 9.59 Å². The number of carbonyl (C=O) groups is 2. The predicted octanol–water partition coefficient (Wildman–Crippen LogP) is 0.0282. The molecular weight excluding hydrogens is 170 g/mol. The van der Waals surface area contributed by atoms with Gasteiger partial charge >= 0.3 is 5.97 Å². The fourth-order valence-corrected chi connectivity index (χ4v) is 2.44. The first-order valence-corrected chi connectivity index (χ1v) is 4.66. The molecular formula is C9H13NO3. The first-order valence-electron chi connectivity index (χ1n) is 4.66. The van der Waals surface area contributed by atoms with E-state index in [0.29, 0.717) is 18.8 Å². The molecule has 4 nitrogen and oxygen atoms in total. The molecule has 1 aliphatic heterocycles. The summed E-state index contributed by atoms with van der Waals surface area (Å²) in [7, 11) is 0. The highest BCUT2D eigenvalue weighted by molar-refractivity contribution is 5.82. The number of ketones is 1. The van der Waals surface area contributed by atoms with Gasteiger partial charge in [-0.1, -0.05) is 0 Å². The van der Waals surface area contributed by atoms with Crippen molar-refractivity contribution in [3.8, 4) is 0 Å². The minimum absolute atomic E-state index is 0.0405. The summed E-state index contributed by atoms with van der Waals surface area (Å²) in [4.78, 5) is 21.9. The predicted molar refractivity (Wildman–Crippen MR) is 45.3 cm³/mol. The van der Waals surface area contributed by atoms with Crippen LogP contribution in [0.5, 0.6) is 0 Å². The minimum Gasteiger partial charge on any atom is -0.480 e. The minimum atomic E-state index is -0.817. The van der Waals surface area contributed by atoms with Crippen molar-refractivity contribution in [3.05, 3.63) is 0 Å². The van der Waals surface area contributed by atoms with Crippen molar-refractivity contribution in [1.82, 2.24) is 5.32 Å². The normalized spacial score (nSPS) is 38.8. The molecule has 2 N–H and O–H groups in total. The number of nitrogens with one attached hydrogen (secondary N) is 1. The van der Waals surface area contributed by atoms with Crippen LogP contribution in [0.1, 0.15) is 19.3 Å². The maximum Gasteiger partial charge on any atom is 0.321 e. The zero-order valence-electron chi connectivity index (χ0n) is 7.32. The van der Waals surface area contributed by atoms with Crippen LogP contribution in [0.15, 0.2) is 0 Å². The van der Waals surface area contributed by atoms with Gasteiger partial charge in [-0.05, 0) is 24.8 Å². The molecule has 1 saturated carbocycles. The van der Waals surface area contributed by atoms with E-state index in [1.807, 2.05) is 0 Å². The average molecular weight is 183 g/mol. The SMILES string of the molecule is O=C1CCC2CNC(C(=O)O)C2C1. The van der Waals surface area contributed by atoms with Crippen molar-refractivity contribution in [2.24, 2.45) is 11.8 Å². The number of fused-ring (bicyclic) bond motifs is 1. The second-order valence-electron chi connectivity index (χ2n) is 3.93. The fraction of sp³-hybridized carbons (Fsp3) is 0.778. The van der Waals surface area contributed by atoms with Crippen molar-refractivity contribution < 1.29 is 14.7 Å². The lowest BCUT2D eigenvalue weighted by Crippen LogP contribution is -2.37.